The van der Waals surface area contributed by atoms with Crippen molar-refractivity contribution >= 4 is 11.8 Å². The zero-order valence-corrected chi connectivity index (χ0v) is 15.5. The standard InChI is InChI=1S/C20H23N3O4/c1-26-17-9-6-13(12-18(17)27-2)10-11-21-19(24)15-4-3-5-16(23-15)20(25)22-14-7-8-14/h3-6,9,12,14H,7-8,10-11H2,1-2H3,(H,21,24)(H,22,25). The number of benzene rings is 1. The lowest BCUT2D eigenvalue weighted by molar-refractivity contribution is 0.0943. The number of amides is 2. The molecule has 0 spiro atoms. The molecule has 1 saturated carbocycles. The van der Waals surface area contributed by atoms with Crippen LogP contribution in [0.15, 0.2) is 36.4 Å². The van der Waals surface area contributed by atoms with Crippen LogP contribution in [0.25, 0.3) is 0 Å². The second-order valence-electron chi connectivity index (χ2n) is 6.35. The summed E-state index contributed by atoms with van der Waals surface area (Å²) < 4.78 is 10.5. The van der Waals surface area contributed by atoms with Crippen LogP contribution < -0.4 is 20.1 Å². The first kappa shape index (κ1) is 18.7. The van der Waals surface area contributed by atoms with Gasteiger partial charge in [-0.05, 0) is 49.1 Å². The van der Waals surface area contributed by atoms with Crippen molar-refractivity contribution in [3.63, 3.8) is 0 Å². The summed E-state index contributed by atoms with van der Waals surface area (Å²) >= 11 is 0. The maximum Gasteiger partial charge on any atom is 0.270 e. The largest absolute Gasteiger partial charge is 0.493 e. The fourth-order valence-corrected chi connectivity index (χ4v) is 2.62. The molecule has 1 heterocycles. The summed E-state index contributed by atoms with van der Waals surface area (Å²) in [5, 5.41) is 5.69. The first-order valence-electron chi connectivity index (χ1n) is 8.87. The number of nitrogens with one attached hydrogen (secondary N) is 2. The van der Waals surface area contributed by atoms with Gasteiger partial charge in [-0.25, -0.2) is 4.98 Å². The van der Waals surface area contributed by atoms with Gasteiger partial charge in [0.1, 0.15) is 11.4 Å². The molecular formula is C20H23N3O4. The Balaban J connectivity index is 1.55. The van der Waals surface area contributed by atoms with Crippen LogP contribution in [0, 0.1) is 0 Å². The third-order valence-corrected chi connectivity index (χ3v) is 4.27. The van der Waals surface area contributed by atoms with E-state index in [2.05, 4.69) is 15.6 Å². The number of rotatable bonds is 8. The predicted molar refractivity (Wildman–Crippen MR) is 100 cm³/mol. The highest BCUT2D eigenvalue weighted by atomic mass is 16.5. The van der Waals surface area contributed by atoms with Gasteiger partial charge in [-0.1, -0.05) is 12.1 Å². The molecule has 2 aromatic rings. The van der Waals surface area contributed by atoms with E-state index < -0.39 is 0 Å². The molecule has 0 atom stereocenters. The Kier molecular flexibility index (Phi) is 5.90. The van der Waals surface area contributed by atoms with Crippen LogP contribution >= 0.6 is 0 Å². The zero-order valence-electron chi connectivity index (χ0n) is 15.5. The lowest BCUT2D eigenvalue weighted by atomic mass is 10.1. The van der Waals surface area contributed by atoms with Gasteiger partial charge in [0.05, 0.1) is 14.2 Å². The quantitative estimate of drug-likeness (QED) is 0.742. The molecule has 7 nitrogen and oxygen atoms in total. The second-order valence-corrected chi connectivity index (χ2v) is 6.35. The van der Waals surface area contributed by atoms with E-state index in [4.69, 9.17) is 9.47 Å². The Morgan fingerprint density at radius 1 is 1.04 bits per heavy atom. The molecule has 1 aliphatic rings. The molecule has 142 valence electrons. The Morgan fingerprint density at radius 3 is 2.41 bits per heavy atom. The van der Waals surface area contributed by atoms with Gasteiger partial charge in [-0.3, -0.25) is 9.59 Å². The molecule has 1 aromatic carbocycles. The van der Waals surface area contributed by atoms with Crippen molar-refractivity contribution in [2.75, 3.05) is 20.8 Å². The summed E-state index contributed by atoms with van der Waals surface area (Å²) in [6.07, 6.45) is 2.64. The van der Waals surface area contributed by atoms with Crippen LogP contribution in [0.5, 0.6) is 11.5 Å². The molecule has 2 amide bonds. The van der Waals surface area contributed by atoms with E-state index >= 15 is 0 Å². The van der Waals surface area contributed by atoms with Crippen molar-refractivity contribution in [1.82, 2.24) is 15.6 Å². The van der Waals surface area contributed by atoms with E-state index in [1.807, 2.05) is 18.2 Å². The predicted octanol–water partition coefficient (Wildman–Crippen LogP) is 1.96. The third kappa shape index (κ3) is 4.97. The number of hydrogen-bond acceptors (Lipinski definition) is 5. The molecular weight excluding hydrogens is 346 g/mol. The number of ether oxygens (including phenoxy) is 2. The van der Waals surface area contributed by atoms with Gasteiger partial charge in [0.2, 0.25) is 0 Å². The molecule has 0 aliphatic heterocycles. The summed E-state index contributed by atoms with van der Waals surface area (Å²) in [4.78, 5) is 28.5. The minimum absolute atomic E-state index is 0.228. The summed E-state index contributed by atoms with van der Waals surface area (Å²) in [6, 6.07) is 10.8. The normalized spacial score (nSPS) is 13.0. The van der Waals surface area contributed by atoms with E-state index in [-0.39, 0.29) is 29.2 Å². The highest BCUT2D eigenvalue weighted by Gasteiger charge is 2.24. The van der Waals surface area contributed by atoms with E-state index in [9.17, 15) is 9.59 Å². The molecule has 2 N–H and O–H groups in total. The fourth-order valence-electron chi connectivity index (χ4n) is 2.62. The van der Waals surface area contributed by atoms with Gasteiger partial charge in [-0.2, -0.15) is 0 Å². The number of carbonyl (C=O) groups excluding carboxylic acids is 2. The topological polar surface area (TPSA) is 89.5 Å². The Morgan fingerprint density at radius 2 is 1.74 bits per heavy atom. The Bertz CT molecular complexity index is 834. The Labute approximate surface area is 158 Å². The van der Waals surface area contributed by atoms with Crippen LogP contribution in [0.3, 0.4) is 0 Å². The van der Waals surface area contributed by atoms with Crippen LogP contribution in [-0.4, -0.2) is 43.6 Å². The van der Waals surface area contributed by atoms with Crippen molar-refractivity contribution < 1.29 is 19.1 Å². The Hall–Kier alpha value is -3.09. The monoisotopic (exact) mass is 369 g/mol. The average molecular weight is 369 g/mol. The number of nitrogens with zero attached hydrogens (tertiary/aromatic N) is 1. The summed E-state index contributed by atoms with van der Waals surface area (Å²) in [7, 11) is 3.17. The van der Waals surface area contributed by atoms with Crippen LogP contribution in [0.1, 0.15) is 39.4 Å². The molecule has 7 heteroatoms. The van der Waals surface area contributed by atoms with Crippen molar-refractivity contribution in [2.24, 2.45) is 0 Å². The average Bonchev–Trinajstić information content (AvgIpc) is 3.51. The first-order valence-corrected chi connectivity index (χ1v) is 8.87. The van der Waals surface area contributed by atoms with E-state index in [0.29, 0.717) is 24.5 Å². The van der Waals surface area contributed by atoms with Crippen LogP contribution in [-0.2, 0) is 6.42 Å². The summed E-state index contributed by atoms with van der Waals surface area (Å²) in [6.45, 7) is 0.439. The molecule has 0 radical (unpaired) electrons. The molecule has 0 saturated heterocycles. The van der Waals surface area contributed by atoms with Crippen LogP contribution in [0.4, 0.5) is 0 Å². The number of aromatic nitrogens is 1. The zero-order chi connectivity index (χ0) is 19.2. The molecule has 0 bridgehead atoms. The lowest BCUT2D eigenvalue weighted by Crippen LogP contribution is -2.29. The van der Waals surface area contributed by atoms with Gasteiger partial charge in [0, 0.05) is 12.6 Å². The minimum Gasteiger partial charge on any atom is -0.493 e. The van der Waals surface area contributed by atoms with Crippen molar-refractivity contribution in [3.05, 3.63) is 53.3 Å². The van der Waals surface area contributed by atoms with Gasteiger partial charge in [-0.15, -0.1) is 0 Å². The number of methoxy groups -OCH3 is 2. The maximum absolute atomic E-state index is 12.3. The van der Waals surface area contributed by atoms with Crippen molar-refractivity contribution in [2.45, 2.75) is 25.3 Å². The summed E-state index contributed by atoms with van der Waals surface area (Å²) in [5.74, 6) is 0.766. The molecule has 27 heavy (non-hydrogen) atoms. The first-order chi connectivity index (χ1) is 13.1. The van der Waals surface area contributed by atoms with E-state index in [1.165, 1.54) is 0 Å². The lowest BCUT2D eigenvalue weighted by Gasteiger charge is -2.10. The van der Waals surface area contributed by atoms with Gasteiger partial charge >= 0.3 is 0 Å². The van der Waals surface area contributed by atoms with Gasteiger partial charge in [0.15, 0.2) is 11.5 Å². The summed E-state index contributed by atoms with van der Waals surface area (Å²) in [5.41, 5.74) is 1.50. The number of pyridine rings is 1. The second kappa shape index (κ2) is 8.53. The molecule has 0 unspecified atom stereocenters. The molecule has 1 fully saturated rings. The van der Waals surface area contributed by atoms with E-state index in [0.717, 1.165) is 18.4 Å². The number of carbonyl (C=O) groups is 2. The molecule has 3 rings (SSSR count). The molecule has 1 aromatic heterocycles. The van der Waals surface area contributed by atoms with Gasteiger partial charge < -0.3 is 20.1 Å². The fraction of sp³-hybridized carbons (Fsp3) is 0.350. The highest BCUT2D eigenvalue weighted by molar-refractivity contribution is 5.96. The maximum atomic E-state index is 12.3. The van der Waals surface area contributed by atoms with Crippen molar-refractivity contribution in [1.29, 1.82) is 0 Å². The smallest absolute Gasteiger partial charge is 0.270 e. The third-order valence-electron chi connectivity index (χ3n) is 4.27. The minimum atomic E-state index is -0.309. The van der Waals surface area contributed by atoms with Crippen molar-refractivity contribution in [3.8, 4) is 11.5 Å². The van der Waals surface area contributed by atoms with E-state index in [1.54, 1.807) is 32.4 Å². The SMILES string of the molecule is COc1ccc(CCNC(=O)c2cccc(C(=O)NC3CC3)n2)cc1OC. The molecule has 1 aliphatic carbocycles. The number of hydrogen-bond donors (Lipinski definition) is 2. The van der Waals surface area contributed by atoms with Crippen LogP contribution in [0.2, 0.25) is 0 Å². The van der Waals surface area contributed by atoms with Gasteiger partial charge in [0.25, 0.3) is 11.8 Å². The highest BCUT2D eigenvalue weighted by Crippen LogP contribution is 2.27.